The van der Waals surface area contributed by atoms with Crippen LogP contribution in [0.2, 0.25) is 0 Å². The fraction of sp³-hybridized carbons (Fsp3) is 0.500. The van der Waals surface area contributed by atoms with Crippen molar-refractivity contribution in [2.45, 2.75) is 77.3 Å². The van der Waals surface area contributed by atoms with Crippen molar-refractivity contribution in [1.29, 1.82) is 0 Å². The number of allylic oxidation sites excluding steroid dienone is 1. The van der Waals surface area contributed by atoms with E-state index >= 15 is 0 Å². The molecule has 2 atom stereocenters. The number of piperidine rings is 1. The number of benzene rings is 2. The molecule has 0 bridgehead atoms. The number of amides is 3. The molecule has 3 amide bonds. The highest BCUT2D eigenvalue weighted by atomic mass is 19.4. The van der Waals surface area contributed by atoms with E-state index in [0.29, 0.717) is 29.8 Å². The summed E-state index contributed by atoms with van der Waals surface area (Å²) in [6, 6.07) is 9.07. The van der Waals surface area contributed by atoms with Crippen molar-refractivity contribution in [2.24, 2.45) is 5.41 Å². The summed E-state index contributed by atoms with van der Waals surface area (Å²) >= 11 is 0. The quantitative estimate of drug-likeness (QED) is 0.348. The number of halogens is 4. The number of nitrogens with zero attached hydrogens (tertiary/aromatic N) is 3. The van der Waals surface area contributed by atoms with Crippen molar-refractivity contribution in [2.75, 3.05) is 26.2 Å². The van der Waals surface area contributed by atoms with Gasteiger partial charge in [0.05, 0.1) is 0 Å². The highest BCUT2D eigenvalue weighted by Crippen LogP contribution is 2.43. The minimum atomic E-state index is -4.43. The minimum Gasteiger partial charge on any atom is -0.322 e. The lowest BCUT2D eigenvalue weighted by Gasteiger charge is -2.43. The summed E-state index contributed by atoms with van der Waals surface area (Å²) in [4.78, 5) is 41.8. The van der Waals surface area contributed by atoms with Crippen molar-refractivity contribution in [3.63, 3.8) is 0 Å². The number of alkyl halides is 3. The smallest absolute Gasteiger partial charge is 0.322 e. The van der Waals surface area contributed by atoms with E-state index in [1.54, 1.807) is 30.3 Å². The number of fused-ring (bicyclic) bond motifs is 1. The van der Waals surface area contributed by atoms with Gasteiger partial charge in [-0.2, -0.15) is 13.2 Å². The lowest BCUT2D eigenvalue weighted by molar-refractivity contribution is -0.198. The first kappa shape index (κ1) is 31.4. The fourth-order valence-corrected chi connectivity index (χ4v) is 7.21. The fourth-order valence-electron chi connectivity index (χ4n) is 7.21. The number of hydrogen-bond acceptors (Lipinski definition) is 5. The van der Waals surface area contributed by atoms with Crippen LogP contribution in [0.1, 0.15) is 73.0 Å². The van der Waals surface area contributed by atoms with Crippen molar-refractivity contribution < 1.29 is 31.9 Å². The molecule has 2 aromatic carbocycles. The predicted octanol–water partition coefficient (Wildman–Crippen LogP) is 5.30. The third-order valence-corrected chi connectivity index (χ3v) is 9.72. The number of piperazine rings is 1. The maximum absolute atomic E-state index is 14.5. The van der Waals surface area contributed by atoms with Crippen LogP contribution in [0.4, 0.5) is 17.6 Å². The van der Waals surface area contributed by atoms with Crippen molar-refractivity contribution in [3.8, 4) is 0 Å². The van der Waals surface area contributed by atoms with E-state index in [0.717, 1.165) is 36.0 Å². The van der Waals surface area contributed by atoms with Crippen LogP contribution >= 0.6 is 0 Å². The first-order chi connectivity index (χ1) is 21.3. The van der Waals surface area contributed by atoms with Gasteiger partial charge >= 0.3 is 6.18 Å². The molecule has 6 rings (SSSR count). The molecule has 0 spiro atoms. The van der Waals surface area contributed by atoms with Crippen molar-refractivity contribution >= 4 is 23.3 Å². The molecule has 2 fully saturated rings. The van der Waals surface area contributed by atoms with Crippen LogP contribution in [0.15, 0.2) is 48.0 Å². The normalized spacial score (nSPS) is 24.7. The number of hydrogen-bond donors (Lipinski definition) is 1. The number of nitrogens with one attached hydrogen (secondary N) is 1. The average Bonchev–Trinajstić information content (AvgIpc) is 3.29. The van der Waals surface area contributed by atoms with Crippen LogP contribution in [-0.4, -0.2) is 76.9 Å². The molecule has 3 heterocycles. The molecule has 4 aliphatic rings. The highest BCUT2D eigenvalue weighted by molar-refractivity contribution is 6.05. The Morgan fingerprint density at radius 3 is 2.44 bits per heavy atom. The summed E-state index contributed by atoms with van der Waals surface area (Å²) in [6.45, 7) is 5.62. The molecule has 240 valence electrons. The van der Waals surface area contributed by atoms with E-state index in [2.05, 4.69) is 19.2 Å². The third kappa shape index (κ3) is 6.70. The van der Waals surface area contributed by atoms with E-state index in [-0.39, 0.29) is 62.1 Å². The molecule has 11 heteroatoms. The Morgan fingerprint density at radius 2 is 1.73 bits per heavy atom. The molecule has 0 saturated carbocycles. The SMILES string of the molecule is CC1(C)CCC(CN2CCN(Cc3ccc4c(c3)CN(C3CCC(=O)NC3=O)C4=O)C(C(F)(F)F)C2)=C(c2ccc(F)cc2)C1. The second kappa shape index (κ2) is 12.0. The molecule has 0 radical (unpaired) electrons. The van der Waals surface area contributed by atoms with Gasteiger partial charge in [-0.05, 0) is 71.6 Å². The highest BCUT2D eigenvalue weighted by Gasteiger charge is 2.47. The average molecular weight is 627 g/mol. The van der Waals surface area contributed by atoms with Gasteiger partial charge in [0.15, 0.2) is 0 Å². The van der Waals surface area contributed by atoms with Crippen LogP contribution in [-0.2, 0) is 22.7 Å². The van der Waals surface area contributed by atoms with Gasteiger partial charge < -0.3 is 4.90 Å². The van der Waals surface area contributed by atoms with Crippen LogP contribution in [0.25, 0.3) is 5.57 Å². The van der Waals surface area contributed by atoms with Gasteiger partial charge in [-0.3, -0.25) is 29.5 Å². The second-order valence-corrected chi connectivity index (χ2v) is 13.6. The summed E-state index contributed by atoms with van der Waals surface area (Å²) in [5, 5.41) is 2.28. The monoisotopic (exact) mass is 626 g/mol. The Balaban J connectivity index is 1.16. The lowest BCUT2D eigenvalue weighted by atomic mass is 9.72. The molecule has 2 saturated heterocycles. The molecule has 1 N–H and O–H groups in total. The maximum Gasteiger partial charge on any atom is 0.405 e. The first-order valence-corrected chi connectivity index (χ1v) is 15.5. The van der Waals surface area contributed by atoms with Crippen molar-refractivity contribution in [1.82, 2.24) is 20.0 Å². The maximum atomic E-state index is 14.5. The second-order valence-electron chi connectivity index (χ2n) is 13.6. The van der Waals surface area contributed by atoms with Crippen LogP contribution in [0, 0.1) is 11.2 Å². The molecule has 45 heavy (non-hydrogen) atoms. The lowest BCUT2D eigenvalue weighted by Crippen LogP contribution is -2.58. The number of imide groups is 1. The van der Waals surface area contributed by atoms with Crippen LogP contribution in [0.3, 0.4) is 0 Å². The van der Waals surface area contributed by atoms with E-state index < -0.39 is 24.2 Å². The molecule has 2 unspecified atom stereocenters. The zero-order valence-corrected chi connectivity index (χ0v) is 25.6. The summed E-state index contributed by atoms with van der Waals surface area (Å²) < 4.78 is 57.1. The standard InChI is InChI=1S/C34H38F4N4O3/c1-33(2)12-11-23(27(16-33)22-4-6-25(35)7-5-22)18-40-13-14-41(29(20-40)34(36,37)38)17-21-3-8-26-24(15-21)19-42(32(26)45)28-9-10-30(43)39-31(28)44/h3-8,15,28-29H,9-14,16-20H2,1-2H3,(H,39,43,44). The molecule has 2 aromatic rings. The van der Waals surface area contributed by atoms with E-state index in [1.807, 2.05) is 4.90 Å². The Bertz CT molecular complexity index is 1530. The Morgan fingerprint density at radius 1 is 0.978 bits per heavy atom. The zero-order valence-electron chi connectivity index (χ0n) is 25.6. The molecular weight excluding hydrogens is 588 g/mol. The largest absolute Gasteiger partial charge is 0.405 e. The van der Waals surface area contributed by atoms with E-state index in [4.69, 9.17) is 0 Å². The molecule has 3 aliphatic heterocycles. The number of rotatable bonds is 6. The third-order valence-electron chi connectivity index (χ3n) is 9.72. The molecular formula is C34H38F4N4O3. The van der Waals surface area contributed by atoms with E-state index in [9.17, 15) is 31.9 Å². The van der Waals surface area contributed by atoms with Gasteiger partial charge in [0, 0.05) is 51.3 Å². The topological polar surface area (TPSA) is 73.0 Å². The van der Waals surface area contributed by atoms with Crippen molar-refractivity contribution in [3.05, 3.63) is 76.1 Å². The van der Waals surface area contributed by atoms with Gasteiger partial charge in [-0.1, -0.05) is 43.7 Å². The summed E-state index contributed by atoms with van der Waals surface area (Å²) in [6.07, 6.45) is -1.52. The summed E-state index contributed by atoms with van der Waals surface area (Å²) in [7, 11) is 0. The molecule has 7 nitrogen and oxygen atoms in total. The molecule has 1 aliphatic carbocycles. The van der Waals surface area contributed by atoms with Gasteiger partial charge in [0.25, 0.3) is 5.91 Å². The van der Waals surface area contributed by atoms with Gasteiger partial charge in [-0.15, -0.1) is 0 Å². The predicted molar refractivity (Wildman–Crippen MR) is 160 cm³/mol. The first-order valence-electron chi connectivity index (χ1n) is 15.5. The molecule has 0 aromatic heterocycles. The number of carbonyl (C=O) groups excluding carboxylic acids is 3. The van der Waals surface area contributed by atoms with Gasteiger partial charge in [-0.25, -0.2) is 4.39 Å². The Hall–Kier alpha value is -3.57. The Labute approximate surface area is 260 Å². The van der Waals surface area contributed by atoms with Crippen LogP contribution < -0.4 is 5.32 Å². The number of carbonyl (C=O) groups is 3. The minimum absolute atomic E-state index is 0.0553. The van der Waals surface area contributed by atoms with E-state index in [1.165, 1.54) is 21.9 Å². The van der Waals surface area contributed by atoms with Gasteiger partial charge in [0.1, 0.15) is 17.9 Å². The summed E-state index contributed by atoms with van der Waals surface area (Å²) in [5.74, 6) is -1.50. The Kier molecular flexibility index (Phi) is 8.36. The zero-order chi connectivity index (χ0) is 32.1. The van der Waals surface area contributed by atoms with Gasteiger partial charge in [0.2, 0.25) is 11.8 Å². The van der Waals surface area contributed by atoms with Crippen LogP contribution in [0.5, 0.6) is 0 Å². The summed E-state index contributed by atoms with van der Waals surface area (Å²) in [5.41, 5.74) is 4.99.